The van der Waals surface area contributed by atoms with Crippen LogP contribution in [0.3, 0.4) is 0 Å². The molecule has 30 heavy (non-hydrogen) atoms. The summed E-state index contributed by atoms with van der Waals surface area (Å²) in [7, 11) is 0. The fourth-order valence-corrected chi connectivity index (χ4v) is 7.07. The summed E-state index contributed by atoms with van der Waals surface area (Å²) < 4.78 is 5.40. The first-order valence-corrected chi connectivity index (χ1v) is 11.8. The lowest BCUT2D eigenvalue weighted by Gasteiger charge is -2.28. The average Bonchev–Trinajstić information content (AvgIpc) is 3.34. The van der Waals surface area contributed by atoms with E-state index in [2.05, 4.69) is 31.9 Å². The van der Waals surface area contributed by atoms with Crippen molar-refractivity contribution in [3.8, 4) is 5.75 Å². The maximum absolute atomic E-state index is 13.1. The van der Waals surface area contributed by atoms with E-state index < -0.39 is 0 Å². The molecule has 2 saturated carbocycles. The SMILES string of the molecule is O=C(Cc1ccccc1)Oc1ccc(N2C(=O)[C@@H]3[C@@H]4C[C@H]([C@H](Br)[C@@H]4Br)[C@@H]3C2=O)cc1. The lowest BCUT2D eigenvalue weighted by Crippen LogP contribution is -2.37. The minimum absolute atomic E-state index is 0.116. The molecule has 154 valence electrons. The molecule has 3 fully saturated rings. The molecule has 6 atom stereocenters. The molecule has 2 aliphatic carbocycles. The highest BCUT2D eigenvalue weighted by atomic mass is 79.9. The van der Waals surface area contributed by atoms with Crippen molar-refractivity contribution in [3.05, 3.63) is 60.2 Å². The van der Waals surface area contributed by atoms with Gasteiger partial charge in [0.15, 0.2) is 0 Å². The highest BCUT2D eigenvalue weighted by molar-refractivity contribution is 9.12. The van der Waals surface area contributed by atoms with E-state index in [0.29, 0.717) is 11.4 Å². The Morgan fingerprint density at radius 2 is 1.47 bits per heavy atom. The molecular weight excluding hydrogens is 514 g/mol. The second-order valence-electron chi connectivity index (χ2n) is 8.15. The molecule has 5 rings (SSSR count). The zero-order valence-corrected chi connectivity index (χ0v) is 19.1. The normalized spacial score (nSPS) is 31.9. The highest BCUT2D eigenvalue weighted by Gasteiger charge is 2.66. The van der Waals surface area contributed by atoms with Gasteiger partial charge < -0.3 is 4.74 Å². The first kappa shape index (κ1) is 19.9. The predicted molar refractivity (Wildman–Crippen MR) is 119 cm³/mol. The molecule has 0 radical (unpaired) electrons. The number of nitrogens with zero attached hydrogens (tertiary/aromatic N) is 1. The molecule has 3 aliphatic rings. The van der Waals surface area contributed by atoms with Crippen molar-refractivity contribution in [3.63, 3.8) is 0 Å². The molecule has 0 unspecified atom stereocenters. The first-order chi connectivity index (χ1) is 14.5. The monoisotopic (exact) mass is 531 g/mol. The van der Waals surface area contributed by atoms with Crippen LogP contribution in [0.1, 0.15) is 12.0 Å². The molecule has 7 heteroatoms. The van der Waals surface area contributed by atoms with Crippen LogP contribution in [0.5, 0.6) is 5.75 Å². The van der Waals surface area contributed by atoms with Crippen molar-refractivity contribution in [1.82, 2.24) is 0 Å². The third kappa shape index (κ3) is 3.14. The van der Waals surface area contributed by atoms with E-state index in [1.807, 2.05) is 30.3 Å². The lowest BCUT2D eigenvalue weighted by molar-refractivity contribution is -0.133. The van der Waals surface area contributed by atoms with Gasteiger partial charge in [-0.3, -0.25) is 19.3 Å². The number of anilines is 1. The summed E-state index contributed by atoms with van der Waals surface area (Å²) in [5.74, 6) is -0.327. The van der Waals surface area contributed by atoms with Crippen LogP contribution in [0.15, 0.2) is 54.6 Å². The number of esters is 1. The molecule has 1 aliphatic heterocycles. The van der Waals surface area contributed by atoms with Gasteiger partial charge in [-0.1, -0.05) is 62.2 Å². The van der Waals surface area contributed by atoms with Crippen LogP contribution >= 0.6 is 31.9 Å². The van der Waals surface area contributed by atoms with Crippen molar-refractivity contribution in [2.45, 2.75) is 22.5 Å². The number of amides is 2. The van der Waals surface area contributed by atoms with Crippen LogP contribution in [0, 0.1) is 23.7 Å². The molecule has 2 amide bonds. The summed E-state index contributed by atoms with van der Waals surface area (Å²) in [6.07, 6.45) is 1.09. The standard InChI is InChI=1S/C23H19Br2NO4/c24-20-15-11-16(21(20)25)19-18(15)22(28)26(23(19)29)13-6-8-14(9-7-13)30-17(27)10-12-4-2-1-3-5-12/h1-9,15-16,18-21H,10-11H2/t15-,16-,18-,19+,20-,21+/m0/s1. The van der Waals surface area contributed by atoms with Gasteiger partial charge >= 0.3 is 5.97 Å². The molecule has 5 nitrogen and oxygen atoms in total. The Morgan fingerprint density at radius 3 is 2.03 bits per heavy atom. The molecule has 2 aromatic rings. The Labute approximate surface area is 191 Å². The lowest BCUT2D eigenvalue weighted by atomic mass is 9.81. The van der Waals surface area contributed by atoms with Crippen molar-refractivity contribution >= 4 is 55.3 Å². The maximum Gasteiger partial charge on any atom is 0.315 e. The van der Waals surface area contributed by atoms with E-state index in [4.69, 9.17) is 4.74 Å². The number of hydrogen-bond acceptors (Lipinski definition) is 4. The Balaban J connectivity index is 1.30. The van der Waals surface area contributed by atoms with Crippen LogP contribution in [0.2, 0.25) is 0 Å². The Hall–Kier alpha value is -1.99. The van der Waals surface area contributed by atoms with E-state index in [-0.39, 0.29) is 57.5 Å². The third-order valence-electron chi connectivity index (χ3n) is 6.50. The highest BCUT2D eigenvalue weighted by Crippen LogP contribution is 2.60. The zero-order chi connectivity index (χ0) is 21.0. The summed E-state index contributed by atoms with van der Waals surface area (Å²) in [6, 6.07) is 16.0. The number of benzene rings is 2. The van der Waals surface area contributed by atoms with Crippen LogP contribution in [-0.4, -0.2) is 27.4 Å². The topological polar surface area (TPSA) is 63.7 Å². The maximum atomic E-state index is 13.1. The molecule has 2 aromatic carbocycles. The number of alkyl halides is 2. The van der Waals surface area contributed by atoms with E-state index in [1.54, 1.807) is 24.3 Å². The number of imide groups is 1. The number of fused-ring (bicyclic) bond motifs is 5. The van der Waals surface area contributed by atoms with Crippen LogP contribution in [0.25, 0.3) is 0 Å². The van der Waals surface area contributed by atoms with E-state index in [1.165, 1.54) is 4.90 Å². The summed E-state index contributed by atoms with van der Waals surface area (Å²) >= 11 is 7.40. The smallest absolute Gasteiger partial charge is 0.315 e. The van der Waals surface area contributed by atoms with Gasteiger partial charge in [-0.15, -0.1) is 0 Å². The number of carbonyl (C=O) groups excluding carboxylic acids is 3. The van der Waals surface area contributed by atoms with Crippen LogP contribution < -0.4 is 9.64 Å². The average molecular weight is 533 g/mol. The fourth-order valence-electron chi connectivity index (χ4n) is 5.20. The van der Waals surface area contributed by atoms with E-state index in [0.717, 1.165) is 12.0 Å². The number of halogens is 2. The molecule has 0 N–H and O–H groups in total. The first-order valence-electron chi connectivity index (χ1n) is 9.96. The number of rotatable bonds is 4. The van der Waals surface area contributed by atoms with Gasteiger partial charge in [0.05, 0.1) is 23.9 Å². The Morgan fingerprint density at radius 1 is 0.900 bits per heavy atom. The Bertz CT molecular complexity index is 978. The third-order valence-corrected chi connectivity index (χ3v) is 9.71. The van der Waals surface area contributed by atoms with Gasteiger partial charge in [-0.2, -0.15) is 0 Å². The summed E-state index contributed by atoms with van der Waals surface area (Å²) in [6.45, 7) is 0. The minimum atomic E-state index is -0.361. The zero-order valence-electron chi connectivity index (χ0n) is 15.9. The van der Waals surface area contributed by atoms with Gasteiger partial charge in [-0.05, 0) is 48.1 Å². The summed E-state index contributed by atoms with van der Waals surface area (Å²) in [4.78, 5) is 40.1. The molecule has 1 saturated heterocycles. The second kappa shape index (κ2) is 7.61. The molecule has 1 heterocycles. The second-order valence-corrected chi connectivity index (χ2v) is 10.3. The van der Waals surface area contributed by atoms with Crippen molar-refractivity contribution in [2.75, 3.05) is 4.90 Å². The quantitative estimate of drug-likeness (QED) is 0.257. The summed E-state index contributed by atoms with van der Waals surface area (Å²) in [5, 5.41) is 0. The molecular formula is C23H19Br2NO4. The van der Waals surface area contributed by atoms with E-state index >= 15 is 0 Å². The van der Waals surface area contributed by atoms with Crippen LogP contribution in [0.4, 0.5) is 5.69 Å². The number of carbonyl (C=O) groups is 3. The van der Waals surface area contributed by atoms with Gasteiger partial charge in [0.1, 0.15) is 5.75 Å². The summed E-state index contributed by atoms with van der Waals surface area (Å²) in [5.41, 5.74) is 1.41. The largest absolute Gasteiger partial charge is 0.426 e. The fraction of sp³-hybridized carbons (Fsp3) is 0.348. The number of hydrogen-bond donors (Lipinski definition) is 0. The molecule has 0 spiro atoms. The van der Waals surface area contributed by atoms with Crippen molar-refractivity contribution in [1.29, 1.82) is 0 Å². The van der Waals surface area contributed by atoms with Gasteiger partial charge in [0.2, 0.25) is 11.8 Å². The van der Waals surface area contributed by atoms with Gasteiger partial charge in [0.25, 0.3) is 0 Å². The van der Waals surface area contributed by atoms with E-state index in [9.17, 15) is 14.4 Å². The van der Waals surface area contributed by atoms with Crippen LogP contribution in [-0.2, 0) is 20.8 Å². The molecule has 0 aromatic heterocycles. The Kier molecular flexibility index (Phi) is 5.06. The minimum Gasteiger partial charge on any atom is -0.426 e. The number of ether oxygens (including phenoxy) is 1. The van der Waals surface area contributed by atoms with Crippen molar-refractivity contribution in [2.24, 2.45) is 23.7 Å². The molecule has 2 bridgehead atoms. The predicted octanol–water partition coefficient (Wildman–Crippen LogP) is 4.12. The van der Waals surface area contributed by atoms with Gasteiger partial charge in [0, 0.05) is 9.65 Å². The van der Waals surface area contributed by atoms with Crippen molar-refractivity contribution < 1.29 is 19.1 Å². The van der Waals surface area contributed by atoms with Gasteiger partial charge in [-0.25, -0.2) is 0 Å².